The number of nitrogens with zero attached hydrogens (tertiary/aromatic N) is 2. The number of rotatable bonds is 2. The average Bonchev–Trinajstić information content (AvgIpc) is 3.91. The average molecular weight is 881 g/mol. The maximum atomic E-state index is 7.44. The molecule has 7 heterocycles. The SMILES string of the molecule is c1ccc2c(c1)B1c3cccc(-n4c5ccccc5c5ccccc54)c3Oc3cccc(c31)[Si]21c2cccc3c2B2c4c(cccc41)Oc1c(-n4c5ccccc5c5ccccc54)ccc(c12)O3. The van der Waals surface area contributed by atoms with Gasteiger partial charge in [-0.05, 0) is 103 Å². The van der Waals surface area contributed by atoms with Crippen LogP contribution in [0.4, 0.5) is 0 Å². The molecule has 12 aromatic rings. The van der Waals surface area contributed by atoms with Crippen LogP contribution < -0.4 is 67.7 Å². The summed E-state index contributed by atoms with van der Waals surface area (Å²) in [6, 6.07) is 75.8. The first kappa shape index (κ1) is 35.8. The van der Waals surface area contributed by atoms with Crippen LogP contribution in [0.5, 0.6) is 34.5 Å². The Morgan fingerprint density at radius 2 is 0.706 bits per heavy atom. The smallest absolute Gasteiger partial charge is 0.260 e. The Morgan fingerprint density at radius 3 is 1.28 bits per heavy atom. The van der Waals surface area contributed by atoms with Crippen molar-refractivity contribution in [3.8, 4) is 45.9 Å². The molecular weight excluding hydrogens is 846 g/mol. The van der Waals surface area contributed by atoms with Crippen molar-refractivity contribution in [2.45, 2.75) is 0 Å². The zero-order valence-electron chi connectivity index (χ0n) is 36.4. The first-order valence-electron chi connectivity index (χ1n) is 23.6. The van der Waals surface area contributed by atoms with E-state index >= 15 is 0 Å². The summed E-state index contributed by atoms with van der Waals surface area (Å²) in [6.45, 7) is -0.126. The third-order valence-corrected chi connectivity index (χ3v) is 21.0. The maximum Gasteiger partial charge on any atom is 0.260 e. The van der Waals surface area contributed by atoms with Gasteiger partial charge in [0.15, 0.2) is 8.07 Å². The molecule has 0 amide bonds. The molecule has 8 heteroatoms. The van der Waals surface area contributed by atoms with Crippen LogP contribution >= 0.6 is 0 Å². The molecule has 0 N–H and O–H groups in total. The lowest BCUT2D eigenvalue weighted by Gasteiger charge is -2.50. The molecule has 5 aliphatic heterocycles. The van der Waals surface area contributed by atoms with Crippen molar-refractivity contribution in [3.63, 3.8) is 0 Å². The summed E-state index contributed by atoms with van der Waals surface area (Å²) in [5.41, 5.74) is 14.1. The summed E-state index contributed by atoms with van der Waals surface area (Å²) in [7, 11) is -3.14. The van der Waals surface area contributed by atoms with Crippen molar-refractivity contribution in [1.82, 2.24) is 9.13 Å². The fraction of sp³-hybridized carbons (Fsp3) is 0. The Morgan fingerprint density at radius 1 is 0.294 bits per heavy atom. The van der Waals surface area contributed by atoms with E-state index in [1.54, 1.807) is 0 Å². The molecule has 17 rings (SSSR count). The van der Waals surface area contributed by atoms with Crippen molar-refractivity contribution in [3.05, 3.63) is 206 Å². The number of benzene rings is 10. The Hall–Kier alpha value is -8.45. The monoisotopic (exact) mass is 880 g/mol. The highest BCUT2D eigenvalue weighted by atomic mass is 28.3. The van der Waals surface area contributed by atoms with E-state index in [0.717, 1.165) is 73.4 Å². The quantitative estimate of drug-likeness (QED) is 0.172. The minimum atomic E-state index is -3.14. The zero-order chi connectivity index (χ0) is 44.0. The first-order valence-corrected chi connectivity index (χ1v) is 25.6. The third-order valence-electron chi connectivity index (χ3n) is 16.0. The van der Waals surface area contributed by atoms with Gasteiger partial charge in [-0.3, -0.25) is 0 Å². The van der Waals surface area contributed by atoms with Gasteiger partial charge in [-0.1, -0.05) is 151 Å². The lowest BCUT2D eigenvalue weighted by molar-refractivity contribution is 0.463. The van der Waals surface area contributed by atoms with Gasteiger partial charge in [-0.25, -0.2) is 0 Å². The first-order chi connectivity index (χ1) is 33.8. The van der Waals surface area contributed by atoms with Crippen LogP contribution in [0.3, 0.4) is 0 Å². The van der Waals surface area contributed by atoms with Crippen molar-refractivity contribution < 1.29 is 14.2 Å². The van der Waals surface area contributed by atoms with Crippen molar-refractivity contribution in [2.24, 2.45) is 0 Å². The fourth-order valence-electron chi connectivity index (χ4n) is 13.6. The fourth-order valence-corrected chi connectivity index (χ4v) is 19.4. The van der Waals surface area contributed by atoms with Crippen LogP contribution in [0.1, 0.15) is 0 Å². The Labute approximate surface area is 392 Å². The van der Waals surface area contributed by atoms with Gasteiger partial charge in [0.05, 0.1) is 33.4 Å². The number of fused-ring (bicyclic) bond motifs is 14. The van der Waals surface area contributed by atoms with Gasteiger partial charge in [0, 0.05) is 27.0 Å². The van der Waals surface area contributed by atoms with E-state index in [-0.39, 0.29) is 13.4 Å². The molecule has 0 fully saturated rings. The largest absolute Gasteiger partial charge is 0.458 e. The molecule has 0 radical (unpaired) electrons. The topological polar surface area (TPSA) is 37.5 Å². The van der Waals surface area contributed by atoms with E-state index in [4.69, 9.17) is 14.2 Å². The molecule has 0 bridgehead atoms. The van der Waals surface area contributed by atoms with Gasteiger partial charge in [0.25, 0.3) is 13.4 Å². The van der Waals surface area contributed by atoms with Crippen molar-refractivity contribution in [2.75, 3.05) is 0 Å². The van der Waals surface area contributed by atoms with Crippen molar-refractivity contribution in [1.29, 1.82) is 0 Å². The molecule has 10 aromatic carbocycles. The highest BCUT2D eigenvalue weighted by Gasteiger charge is 2.60. The number of hydrogen-bond acceptors (Lipinski definition) is 3. The Balaban J connectivity index is 0.927. The molecule has 312 valence electrons. The number of aromatic nitrogens is 2. The van der Waals surface area contributed by atoms with Crippen LogP contribution in [0.25, 0.3) is 55.0 Å². The predicted molar refractivity (Wildman–Crippen MR) is 281 cm³/mol. The second-order valence-corrected chi connectivity index (χ2v) is 22.6. The van der Waals surface area contributed by atoms with E-state index in [9.17, 15) is 0 Å². The van der Waals surface area contributed by atoms with E-state index in [2.05, 4.69) is 215 Å². The highest BCUT2D eigenvalue weighted by Crippen LogP contribution is 2.43. The van der Waals surface area contributed by atoms with Gasteiger partial charge < -0.3 is 23.3 Å². The summed E-state index contributed by atoms with van der Waals surface area (Å²) in [5.74, 6) is 5.36. The summed E-state index contributed by atoms with van der Waals surface area (Å²) < 4.78 is 26.8. The number of hydrogen-bond donors (Lipinski definition) is 0. The van der Waals surface area contributed by atoms with Crippen LogP contribution in [-0.4, -0.2) is 30.6 Å². The molecule has 5 nitrogen and oxygen atoms in total. The van der Waals surface area contributed by atoms with Crippen LogP contribution in [0, 0.1) is 0 Å². The van der Waals surface area contributed by atoms with Gasteiger partial charge in [-0.2, -0.15) is 0 Å². The van der Waals surface area contributed by atoms with Crippen LogP contribution in [0.2, 0.25) is 0 Å². The van der Waals surface area contributed by atoms with Gasteiger partial charge in [0.1, 0.15) is 34.5 Å². The minimum absolute atomic E-state index is 0.0438. The molecule has 0 saturated heterocycles. The normalized spacial score (nSPS) is 16.0. The lowest BCUT2D eigenvalue weighted by atomic mass is 9.34. The summed E-state index contributed by atoms with van der Waals surface area (Å²) in [5, 5.41) is 10.4. The van der Waals surface area contributed by atoms with E-state index < -0.39 is 8.07 Å². The maximum absolute atomic E-state index is 7.44. The minimum Gasteiger partial charge on any atom is -0.458 e. The number of ether oxygens (including phenoxy) is 3. The summed E-state index contributed by atoms with van der Waals surface area (Å²) in [6.07, 6.45) is 0. The van der Waals surface area contributed by atoms with Gasteiger partial charge >= 0.3 is 0 Å². The summed E-state index contributed by atoms with van der Waals surface area (Å²) in [4.78, 5) is 0. The van der Waals surface area contributed by atoms with E-state index in [1.165, 1.54) is 69.6 Å². The van der Waals surface area contributed by atoms with E-state index in [0.29, 0.717) is 0 Å². The molecule has 5 aliphatic rings. The summed E-state index contributed by atoms with van der Waals surface area (Å²) >= 11 is 0. The lowest BCUT2D eigenvalue weighted by Crippen LogP contribution is -2.93. The molecular formula is C60H34B2N2O3Si. The van der Waals surface area contributed by atoms with Crippen molar-refractivity contribution >= 4 is 119 Å². The van der Waals surface area contributed by atoms with Crippen LogP contribution in [-0.2, 0) is 0 Å². The Bertz CT molecular complexity index is 4160. The molecule has 2 aromatic heterocycles. The highest BCUT2D eigenvalue weighted by molar-refractivity contribution is 7.31. The molecule has 1 unspecified atom stereocenters. The molecule has 0 aliphatic carbocycles. The second-order valence-electron chi connectivity index (χ2n) is 18.9. The molecule has 1 atom stereocenters. The number of para-hydroxylation sites is 5. The molecule has 68 heavy (non-hydrogen) atoms. The molecule has 1 spiro atoms. The Kier molecular flexibility index (Phi) is 6.57. The second kappa shape index (κ2) is 12.5. The van der Waals surface area contributed by atoms with E-state index in [1.807, 2.05) is 0 Å². The van der Waals surface area contributed by atoms with Gasteiger partial charge in [-0.15, -0.1) is 0 Å². The molecule has 0 saturated carbocycles. The van der Waals surface area contributed by atoms with Gasteiger partial charge in [0.2, 0.25) is 0 Å². The zero-order valence-corrected chi connectivity index (χ0v) is 37.4. The standard InChI is InChI=1S/C60H34B2N2O3Si/c1-6-21-41-35(15-1)36-16-2-7-22-42(36)63(41)45-25-11-20-40-59(45)66-48-27-13-30-52-55(48)61(40)39-19-5-10-29-51(39)68(52)53-31-12-26-47-56(53)62-57-49(28-14-32-54(57)68)67-60-46(33-34-50(65-47)58(60)62)64-43-23-8-3-17-37(43)38-18-4-9-24-44(38)64/h1-34H. The van der Waals surface area contributed by atoms with Crippen LogP contribution in [0.15, 0.2) is 206 Å². The predicted octanol–water partition coefficient (Wildman–Crippen LogP) is 7.23. The third kappa shape index (κ3) is 4.11.